The SMILES string of the molecule is O=[C-]O.O=[C-]O.O=[C-]O.O=[C-]OC1CCCC2C3NC4NC(NC5NC(NC6NC(NC(N3)C12)C1CCCCC61)C1CCCCC51)C1CCCCC41.[Co]. The summed E-state index contributed by atoms with van der Waals surface area (Å²) in [4.78, 5) is 36.2. The third kappa shape index (κ3) is 9.21. The Bertz CT molecular complexity index is 1170. The zero-order valence-corrected chi connectivity index (χ0v) is 31.2. The molecule has 0 aromatic heterocycles. The van der Waals surface area contributed by atoms with Gasteiger partial charge in [-0.15, -0.1) is 0 Å². The van der Waals surface area contributed by atoms with E-state index in [0.717, 1.165) is 12.8 Å². The molecule has 16 nitrogen and oxygen atoms in total. The van der Waals surface area contributed by atoms with Gasteiger partial charge in [0.15, 0.2) is 0 Å². The number of hydrogen-bond donors (Lipinski definition) is 11. The second-order valence-electron chi connectivity index (χ2n) is 16.2. The molecule has 17 unspecified atom stereocenters. The third-order valence-electron chi connectivity index (χ3n) is 14.0. The van der Waals surface area contributed by atoms with E-state index in [2.05, 4.69) is 42.5 Å². The molecule has 0 aromatic rings. The van der Waals surface area contributed by atoms with Crippen LogP contribution in [0.3, 0.4) is 0 Å². The number of aliphatic hydroxyl groups excluding tert-OH is 3. The van der Waals surface area contributed by atoms with E-state index >= 15 is 0 Å². The Hall–Kier alpha value is -1.93. The molecular weight excluding hydrogens is 731 g/mol. The molecule has 303 valence electrons. The summed E-state index contributed by atoms with van der Waals surface area (Å²) in [7, 11) is 0. The Morgan fingerprint density at radius 1 is 0.377 bits per heavy atom. The zero-order valence-electron chi connectivity index (χ0n) is 30.1. The van der Waals surface area contributed by atoms with Crippen molar-refractivity contribution < 1.29 is 56.0 Å². The van der Waals surface area contributed by atoms with Crippen molar-refractivity contribution in [3.05, 3.63) is 0 Å². The van der Waals surface area contributed by atoms with Gasteiger partial charge in [-0.3, -0.25) is 42.5 Å². The van der Waals surface area contributed by atoms with E-state index in [0.29, 0.717) is 91.7 Å². The van der Waals surface area contributed by atoms with Gasteiger partial charge in [0.05, 0.1) is 55.4 Å². The summed E-state index contributed by atoms with van der Waals surface area (Å²) in [6.45, 7) is 3.34. The molecule has 9 fully saturated rings. The van der Waals surface area contributed by atoms with Gasteiger partial charge in [0.2, 0.25) is 0 Å². The quantitative estimate of drug-likeness (QED) is 0.171. The van der Waals surface area contributed by atoms with Gasteiger partial charge < -0.3 is 39.2 Å². The fourth-order valence-corrected chi connectivity index (χ4v) is 12.2. The van der Waals surface area contributed by atoms with Gasteiger partial charge in [0.25, 0.3) is 0 Å². The van der Waals surface area contributed by atoms with Crippen LogP contribution in [0.4, 0.5) is 0 Å². The van der Waals surface area contributed by atoms with Crippen molar-refractivity contribution >= 4 is 25.9 Å². The molecule has 0 aromatic carbocycles. The van der Waals surface area contributed by atoms with Gasteiger partial charge in [-0.25, -0.2) is 0 Å². The van der Waals surface area contributed by atoms with Crippen LogP contribution in [-0.2, 0) is 40.7 Å². The summed E-state index contributed by atoms with van der Waals surface area (Å²) in [6.07, 6.45) is 21.3. The van der Waals surface area contributed by atoms with Crippen molar-refractivity contribution in [3.8, 4) is 0 Å². The van der Waals surface area contributed by atoms with E-state index in [-0.39, 0.29) is 47.3 Å². The molecule has 53 heavy (non-hydrogen) atoms. The van der Waals surface area contributed by atoms with Crippen LogP contribution in [0.5, 0.6) is 0 Å². The maximum atomic E-state index is 11.5. The minimum atomic E-state index is -0.0795. The average Bonchev–Trinajstić information content (AvgIpc) is 3.89. The number of ether oxygens (including phenoxy) is 1. The molecule has 17 atom stereocenters. The number of nitrogens with one attached hydrogen (secondary N) is 8. The molecule has 8 bridgehead atoms. The second kappa shape index (κ2) is 20.3. The van der Waals surface area contributed by atoms with Crippen LogP contribution in [0.1, 0.15) is 96.3 Å². The molecule has 0 amide bonds. The van der Waals surface area contributed by atoms with Crippen molar-refractivity contribution in [2.45, 2.75) is 152 Å². The molecule has 0 spiro atoms. The molecule has 11 N–H and O–H groups in total. The summed E-state index contributed by atoms with van der Waals surface area (Å²) in [5.41, 5.74) is 0. The van der Waals surface area contributed by atoms with Crippen molar-refractivity contribution in [2.24, 2.45) is 47.3 Å². The molecule has 5 aliphatic heterocycles. The van der Waals surface area contributed by atoms with E-state index in [9.17, 15) is 4.79 Å². The van der Waals surface area contributed by atoms with Gasteiger partial charge in [-0.2, -0.15) is 0 Å². The summed E-state index contributed by atoms with van der Waals surface area (Å²) < 4.78 is 5.71. The van der Waals surface area contributed by atoms with E-state index < -0.39 is 0 Å². The molecule has 17 heteroatoms. The monoisotopic (exact) mass is 789 g/mol. The van der Waals surface area contributed by atoms with Crippen LogP contribution in [0, 0.1) is 47.3 Å². The Morgan fingerprint density at radius 3 is 0.906 bits per heavy atom. The van der Waals surface area contributed by atoms with E-state index in [1.807, 2.05) is 6.47 Å². The molecule has 4 saturated carbocycles. The maximum Gasteiger partial charge on any atom is 0.0663 e. The zero-order chi connectivity index (χ0) is 36.6. The van der Waals surface area contributed by atoms with Crippen molar-refractivity contribution in [1.29, 1.82) is 0 Å². The first-order valence-electron chi connectivity index (χ1n) is 19.6. The Kier molecular flexibility index (Phi) is 16.2. The topological polar surface area (TPSA) is 234 Å². The average molecular weight is 790 g/mol. The van der Waals surface area contributed by atoms with Crippen LogP contribution in [0.2, 0.25) is 0 Å². The minimum absolute atomic E-state index is 0. The molecule has 5 saturated heterocycles. The van der Waals surface area contributed by atoms with Gasteiger partial charge in [0.1, 0.15) is 0 Å². The van der Waals surface area contributed by atoms with Crippen LogP contribution < -0.4 is 42.5 Å². The van der Waals surface area contributed by atoms with Crippen LogP contribution in [0.25, 0.3) is 0 Å². The fourth-order valence-electron chi connectivity index (χ4n) is 12.2. The fraction of sp³-hybridized carbons (Fsp3) is 0.889. The Labute approximate surface area is 322 Å². The molecule has 9 aliphatic rings. The Balaban J connectivity index is 0.000000496. The van der Waals surface area contributed by atoms with Crippen molar-refractivity contribution in [2.75, 3.05) is 0 Å². The number of rotatable bonds is 2. The standard InChI is InChI=1S/C33H55N8O2.3CHO2.Co/c42-16-43-24-15-7-14-23-25(24)33-40-31-22-13-6-5-12-21(22)29(38-31)36-27-18-9-2-1-8-17(18)26(34-27)35-28-19-10-3-4-11-20(19)30(37-28)39-32(23)41-33;3*2-1-3;/h17-41H,1-15H2;3*(H,2,3);/q4*-1;. The number of carbonyl (C=O) groups excluding carboxylic acids is 1. The largest absolute Gasteiger partial charge is 0.665 e. The predicted molar refractivity (Wildman–Crippen MR) is 188 cm³/mol. The van der Waals surface area contributed by atoms with Crippen LogP contribution in [0.15, 0.2) is 0 Å². The summed E-state index contributed by atoms with van der Waals surface area (Å²) in [5, 5.41) is 53.5. The molecule has 1 radical (unpaired) electrons. The predicted octanol–water partition coefficient (Wildman–Crippen LogP) is 0.500. The Morgan fingerprint density at radius 2 is 0.623 bits per heavy atom. The van der Waals surface area contributed by atoms with Gasteiger partial charge in [-0.1, -0.05) is 64.4 Å². The van der Waals surface area contributed by atoms with E-state index in [4.69, 9.17) is 34.4 Å². The van der Waals surface area contributed by atoms with Gasteiger partial charge in [0, 0.05) is 22.7 Å². The molecular formula is C36H58CoN8O8-4. The van der Waals surface area contributed by atoms with E-state index in [1.54, 1.807) is 0 Å². The summed E-state index contributed by atoms with van der Waals surface area (Å²) in [6, 6.07) is 0. The maximum absolute atomic E-state index is 11.5. The minimum Gasteiger partial charge on any atom is -0.665 e. The normalized spacial score (nSPS) is 46.1. The van der Waals surface area contributed by atoms with Gasteiger partial charge in [-0.05, 0) is 99.2 Å². The third-order valence-corrected chi connectivity index (χ3v) is 14.0. The molecule has 5 heterocycles. The van der Waals surface area contributed by atoms with Crippen molar-refractivity contribution in [3.63, 3.8) is 0 Å². The first-order valence-corrected chi connectivity index (χ1v) is 19.6. The summed E-state index contributed by atoms with van der Waals surface area (Å²) in [5.74, 6) is 4.63. The van der Waals surface area contributed by atoms with Crippen LogP contribution in [-0.4, -0.2) is 96.6 Å². The second-order valence-corrected chi connectivity index (χ2v) is 16.2. The van der Waals surface area contributed by atoms with Gasteiger partial charge >= 0.3 is 0 Å². The molecule has 9 rings (SSSR count). The number of hydrogen-bond acceptors (Lipinski definition) is 13. The van der Waals surface area contributed by atoms with Crippen molar-refractivity contribution in [1.82, 2.24) is 42.5 Å². The number of fused-ring (bicyclic) bond motifs is 20. The summed E-state index contributed by atoms with van der Waals surface area (Å²) >= 11 is 0. The van der Waals surface area contributed by atoms with Crippen LogP contribution >= 0.6 is 0 Å². The first kappa shape index (κ1) is 42.2. The first-order chi connectivity index (χ1) is 25.5. The smallest absolute Gasteiger partial charge is 0.0663 e. The molecule has 4 aliphatic carbocycles. The van der Waals surface area contributed by atoms with E-state index in [1.165, 1.54) is 83.5 Å².